The molecule has 1 aliphatic heterocycles. The number of fused-ring (bicyclic) bond motifs is 2. The summed E-state index contributed by atoms with van der Waals surface area (Å²) in [5, 5.41) is 10.8. The Bertz CT molecular complexity index is 1470. The van der Waals surface area contributed by atoms with Crippen molar-refractivity contribution in [3.8, 4) is 0 Å². The van der Waals surface area contributed by atoms with E-state index in [1.165, 1.54) is 6.26 Å². The Labute approximate surface area is 217 Å². The van der Waals surface area contributed by atoms with Crippen LogP contribution >= 0.6 is 0 Å². The van der Waals surface area contributed by atoms with Crippen LogP contribution in [-0.4, -0.2) is 61.0 Å². The number of hydrogen-bond donors (Lipinski definition) is 1. The number of aliphatic hydroxyl groups is 1. The number of hydrogen-bond acceptors (Lipinski definition) is 8. The molecule has 1 atom stereocenters. The number of pyridine rings is 1. The van der Waals surface area contributed by atoms with Crippen LogP contribution in [0.4, 0.5) is 21.9 Å². The van der Waals surface area contributed by atoms with Crippen molar-refractivity contribution >= 4 is 45.0 Å². The third kappa shape index (κ3) is 4.61. The van der Waals surface area contributed by atoms with Gasteiger partial charge in [-0.05, 0) is 58.2 Å². The molecule has 196 valence electrons. The number of aliphatic hydroxyl groups excluding tert-OH is 1. The standard InChI is InChI=1S/C26H31N5O5S/c1-15-7-6-8-19-21(15)30(25(34)36-26(2,3)4)10-9-29(19)20-11-16-14-27-24(37(5)35)28-22(16)31(23(20)33)17-12-18(32)13-17/h6-8,11,14,17-18,32H,9-10,12-13H2,1-5H3. The Hall–Kier alpha value is -3.31. The first-order valence-electron chi connectivity index (χ1n) is 12.3. The quantitative estimate of drug-likeness (QED) is 0.517. The monoisotopic (exact) mass is 525 g/mol. The van der Waals surface area contributed by atoms with Crippen molar-refractivity contribution in [2.45, 2.75) is 63.4 Å². The third-order valence-corrected chi connectivity index (χ3v) is 7.38. The summed E-state index contributed by atoms with van der Waals surface area (Å²) in [5.74, 6) is 0. The van der Waals surface area contributed by atoms with Crippen LogP contribution in [0.15, 0.2) is 40.4 Å². The van der Waals surface area contributed by atoms with Crippen LogP contribution in [0.1, 0.15) is 45.2 Å². The van der Waals surface area contributed by atoms with E-state index >= 15 is 0 Å². The van der Waals surface area contributed by atoms with Crippen LogP contribution in [0.5, 0.6) is 0 Å². The number of aromatic nitrogens is 3. The van der Waals surface area contributed by atoms with Gasteiger partial charge in [-0.15, -0.1) is 0 Å². The predicted octanol–water partition coefficient (Wildman–Crippen LogP) is 3.43. The van der Waals surface area contributed by atoms with Gasteiger partial charge in [0.25, 0.3) is 5.56 Å². The Morgan fingerprint density at radius 3 is 2.57 bits per heavy atom. The van der Waals surface area contributed by atoms with Crippen molar-refractivity contribution in [2.24, 2.45) is 0 Å². The first kappa shape index (κ1) is 25.3. The second kappa shape index (κ2) is 9.21. The maximum Gasteiger partial charge on any atom is 0.414 e. The number of carbonyl (C=O) groups is 1. The summed E-state index contributed by atoms with van der Waals surface area (Å²) in [5.41, 5.74) is 2.24. The van der Waals surface area contributed by atoms with Crippen LogP contribution in [0.2, 0.25) is 0 Å². The largest absolute Gasteiger partial charge is 0.443 e. The van der Waals surface area contributed by atoms with E-state index in [2.05, 4.69) is 9.97 Å². The van der Waals surface area contributed by atoms with Gasteiger partial charge in [-0.2, -0.15) is 0 Å². The summed E-state index contributed by atoms with van der Waals surface area (Å²) in [4.78, 5) is 39.3. The molecule has 0 bridgehead atoms. The molecule has 0 radical (unpaired) electrons. The minimum absolute atomic E-state index is 0.153. The molecule has 11 heteroatoms. The van der Waals surface area contributed by atoms with Gasteiger partial charge < -0.3 is 14.7 Å². The summed E-state index contributed by atoms with van der Waals surface area (Å²) >= 11 is 0. The van der Waals surface area contributed by atoms with Crippen molar-refractivity contribution in [1.29, 1.82) is 0 Å². The van der Waals surface area contributed by atoms with Crippen molar-refractivity contribution < 1.29 is 18.8 Å². The molecule has 0 spiro atoms. The summed E-state index contributed by atoms with van der Waals surface area (Å²) in [6, 6.07) is 7.24. The van der Waals surface area contributed by atoms with Crippen LogP contribution in [0.3, 0.4) is 0 Å². The molecule has 2 aromatic heterocycles. The van der Waals surface area contributed by atoms with Gasteiger partial charge in [0.05, 0.1) is 28.3 Å². The van der Waals surface area contributed by atoms with E-state index in [1.54, 1.807) is 21.7 Å². The summed E-state index contributed by atoms with van der Waals surface area (Å²) in [6.07, 6.45) is 3.05. The Balaban J connectivity index is 1.66. The molecule has 3 heterocycles. The number of carbonyl (C=O) groups excluding carboxylic acids is 1. The normalized spacial score (nSPS) is 20.4. The number of aryl methyl sites for hydroxylation is 1. The van der Waals surface area contributed by atoms with Crippen LogP contribution < -0.4 is 15.4 Å². The zero-order chi connectivity index (χ0) is 26.6. The van der Waals surface area contributed by atoms with E-state index in [-0.39, 0.29) is 16.8 Å². The van der Waals surface area contributed by atoms with Crippen molar-refractivity contribution in [2.75, 3.05) is 29.1 Å². The highest BCUT2D eigenvalue weighted by Gasteiger charge is 2.35. The third-order valence-electron chi connectivity index (χ3n) is 6.67. The Kier molecular flexibility index (Phi) is 6.31. The maximum atomic E-state index is 14.0. The van der Waals surface area contributed by atoms with E-state index in [9.17, 15) is 18.9 Å². The number of para-hydroxylation sites is 1. The molecular weight excluding hydrogens is 494 g/mol. The lowest BCUT2D eigenvalue weighted by molar-refractivity contribution is 0.0487. The van der Waals surface area contributed by atoms with Gasteiger partial charge in [0.15, 0.2) is 0 Å². The number of anilines is 3. The summed E-state index contributed by atoms with van der Waals surface area (Å²) < 4.78 is 19.3. The van der Waals surface area contributed by atoms with E-state index < -0.39 is 28.6 Å². The first-order valence-corrected chi connectivity index (χ1v) is 13.8. The fraction of sp³-hybridized carbons (Fsp3) is 0.462. The van der Waals surface area contributed by atoms with Crippen molar-refractivity contribution in [3.63, 3.8) is 0 Å². The lowest BCUT2D eigenvalue weighted by Gasteiger charge is -2.39. The average molecular weight is 526 g/mol. The molecule has 3 aromatic rings. The highest BCUT2D eigenvalue weighted by molar-refractivity contribution is 7.84. The lowest BCUT2D eigenvalue weighted by Crippen LogP contribution is -2.46. The van der Waals surface area contributed by atoms with E-state index in [0.29, 0.717) is 48.3 Å². The number of amides is 1. The van der Waals surface area contributed by atoms with Crippen molar-refractivity contribution in [3.05, 3.63) is 46.4 Å². The van der Waals surface area contributed by atoms with Gasteiger partial charge in [0.1, 0.15) is 16.9 Å². The van der Waals surface area contributed by atoms with Crippen LogP contribution in [-0.2, 0) is 15.5 Å². The number of benzene rings is 1. The Morgan fingerprint density at radius 1 is 1.19 bits per heavy atom. The highest BCUT2D eigenvalue weighted by atomic mass is 32.2. The molecule has 1 aromatic carbocycles. The second-order valence-electron chi connectivity index (χ2n) is 10.6. The zero-order valence-corrected chi connectivity index (χ0v) is 22.4. The zero-order valence-electron chi connectivity index (χ0n) is 21.6. The second-order valence-corrected chi connectivity index (χ2v) is 11.9. The average Bonchev–Trinajstić information content (AvgIpc) is 2.80. The fourth-order valence-electron chi connectivity index (χ4n) is 4.92. The van der Waals surface area contributed by atoms with Gasteiger partial charge in [-0.1, -0.05) is 12.1 Å². The highest BCUT2D eigenvalue weighted by Crippen LogP contribution is 2.41. The molecule has 5 rings (SSSR count). The summed E-state index contributed by atoms with van der Waals surface area (Å²) in [7, 11) is -1.41. The van der Waals surface area contributed by atoms with Gasteiger partial charge in [-0.3, -0.25) is 18.5 Å². The molecule has 0 saturated heterocycles. The molecule has 1 fully saturated rings. The van der Waals surface area contributed by atoms with Gasteiger partial charge in [0, 0.05) is 37.0 Å². The SMILES string of the molecule is Cc1cccc2c1N(C(=O)OC(C)(C)C)CCN2c1cc2cnc(S(C)=O)nc2n(C2CC(O)C2)c1=O. The van der Waals surface area contributed by atoms with Crippen LogP contribution in [0.25, 0.3) is 11.0 Å². The molecule has 1 N–H and O–H groups in total. The Morgan fingerprint density at radius 2 is 1.92 bits per heavy atom. The molecule has 1 unspecified atom stereocenters. The van der Waals surface area contributed by atoms with Gasteiger partial charge in [0.2, 0.25) is 5.16 Å². The molecular formula is C26H31N5O5S. The van der Waals surface area contributed by atoms with Gasteiger partial charge >= 0.3 is 6.09 Å². The molecule has 37 heavy (non-hydrogen) atoms. The smallest absolute Gasteiger partial charge is 0.414 e. The first-order chi connectivity index (χ1) is 17.4. The molecule has 2 aliphatic rings. The fourth-order valence-corrected chi connectivity index (χ4v) is 5.34. The minimum Gasteiger partial charge on any atom is -0.443 e. The maximum absolute atomic E-state index is 14.0. The van der Waals surface area contributed by atoms with E-state index in [4.69, 9.17) is 4.74 Å². The molecule has 1 aliphatic carbocycles. The van der Waals surface area contributed by atoms with Crippen molar-refractivity contribution in [1.82, 2.24) is 14.5 Å². The van der Waals surface area contributed by atoms with E-state index in [0.717, 1.165) is 11.3 Å². The number of ether oxygens (including phenoxy) is 1. The predicted molar refractivity (Wildman–Crippen MR) is 142 cm³/mol. The molecule has 1 saturated carbocycles. The van der Waals surface area contributed by atoms with E-state index in [1.807, 2.05) is 50.8 Å². The van der Waals surface area contributed by atoms with Gasteiger partial charge in [-0.25, -0.2) is 14.8 Å². The topological polar surface area (TPSA) is 118 Å². The minimum atomic E-state index is -1.41. The summed E-state index contributed by atoms with van der Waals surface area (Å²) in [6.45, 7) is 8.12. The molecule has 10 nitrogen and oxygen atoms in total. The molecule has 1 amide bonds. The number of nitrogens with zero attached hydrogens (tertiary/aromatic N) is 5. The lowest BCUT2D eigenvalue weighted by atomic mass is 9.89. The van der Waals surface area contributed by atoms with Crippen LogP contribution in [0, 0.1) is 6.92 Å². The number of rotatable bonds is 3.